The Labute approximate surface area is 227 Å². The van der Waals surface area contributed by atoms with E-state index in [0.29, 0.717) is 130 Å². The molecule has 0 aromatic heterocycles. The molecule has 11 heteroatoms. The molecular formula is C27H48N2O9. The fourth-order valence-electron chi connectivity index (χ4n) is 4.24. The lowest BCUT2D eigenvalue weighted by molar-refractivity contribution is -0.0201. The second-order valence-electron chi connectivity index (χ2n) is 9.02. The van der Waals surface area contributed by atoms with E-state index in [4.69, 9.17) is 43.6 Å². The Hall–Kier alpha value is -1.49. The molecule has 0 saturated heterocycles. The van der Waals surface area contributed by atoms with E-state index < -0.39 is 0 Å². The summed E-state index contributed by atoms with van der Waals surface area (Å²) in [4.78, 5) is 11.9. The van der Waals surface area contributed by atoms with Crippen LogP contribution in [-0.4, -0.2) is 118 Å². The summed E-state index contributed by atoms with van der Waals surface area (Å²) in [6.07, 6.45) is 3.82. The van der Waals surface area contributed by atoms with Crippen LogP contribution in [0.25, 0.3) is 0 Å². The van der Waals surface area contributed by atoms with Crippen LogP contribution >= 0.6 is 0 Å². The number of carbonyl (C=O) groups is 1. The molecule has 2 aliphatic carbocycles. The molecule has 11 nitrogen and oxygen atoms in total. The van der Waals surface area contributed by atoms with E-state index in [1.54, 1.807) is 0 Å². The molecule has 1 saturated carbocycles. The van der Waals surface area contributed by atoms with Gasteiger partial charge in [0.15, 0.2) is 0 Å². The monoisotopic (exact) mass is 544 g/mol. The zero-order valence-electron chi connectivity index (χ0n) is 22.8. The lowest BCUT2D eigenvalue weighted by atomic mass is 10.1. The zero-order valence-corrected chi connectivity index (χ0v) is 22.8. The Morgan fingerprint density at radius 2 is 1.03 bits per heavy atom. The van der Waals surface area contributed by atoms with Crippen LogP contribution < -0.4 is 11.1 Å². The van der Waals surface area contributed by atoms with Crippen molar-refractivity contribution in [2.24, 2.45) is 23.5 Å². The van der Waals surface area contributed by atoms with E-state index in [1.165, 1.54) is 0 Å². The standard InChI is InChI=1S/C27H48N2O9/c28-7-9-31-11-13-33-15-17-35-19-21-37-22-20-36-18-16-34-14-12-32-10-8-29-27(30)38-23-26-24-5-3-1-2-4-6-25(24)26/h24-26H,3-23,28H2,(H,29,30)/t24-,25+,26?. The molecule has 1 fully saturated rings. The summed E-state index contributed by atoms with van der Waals surface area (Å²) in [7, 11) is 0. The molecule has 3 atom stereocenters. The van der Waals surface area contributed by atoms with Crippen LogP contribution in [0.1, 0.15) is 25.7 Å². The van der Waals surface area contributed by atoms with Crippen molar-refractivity contribution in [3.05, 3.63) is 0 Å². The predicted molar refractivity (Wildman–Crippen MR) is 141 cm³/mol. The van der Waals surface area contributed by atoms with Crippen LogP contribution in [0.2, 0.25) is 0 Å². The quantitative estimate of drug-likeness (QED) is 0.128. The third kappa shape index (κ3) is 17.2. The lowest BCUT2D eigenvalue weighted by Gasteiger charge is -2.09. The summed E-state index contributed by atoms with van der Waals surface area (Å²) in [6.45, 7) is 8.52. The average molecular weight is 545 g/mol. The number of nitrogens with one attached hydrogen (secondary N) is 1. The molecule has 1 unspecified atom stereocenters. The van der Waals surface area contributed by atoms with Crippen molar-refractivity contribution in [1.29, 1.82) is 0 Å². The van der Waals surface area contributed by atoms with Gasteiger partial charge < -0.3 is 48.9 Å². The van der Waals surface area contributed by atoms with E-state index in [1.807, 2.05) is 0 Å². The summed E-state index contributed by atoms with van der Waals surface area (Å²) in [5.41, 5.74) is 5.32. The second-order valence-corrected chi connectivity index (χ2v) is 9.02. The number of fused-ring (bicyclic) bond motifs is 1. The second kappa shape index (κ2) is 23.4. The summed E-state index contributed by atoms with van der Waals surface area (Å²) >= 11 is 0. The van der Waals surface area contributed by atoms with Gasteiger partial charge in [-0.25, -0.2) is 4.79 Å². The Morgan fingerprint density at radius 3 is 1.45 bits per heavy atom. The molecular weight excluding hydrogens is 496 g/mol. The van der Waals surface area contributed by atoms with Gasteiger partial charge in [0.1, 0.15) is 0 Å². The maximum absolute atomic E-state index is 11.9. The first-order chi connectivity index (χ1) is 18.8. The lowest BCUT2D eigenvalue weighted by Crippen LogP contribution is -2.29. The van der Waals surface area contributed by atoms with Crippen molar-refractivity contribution >= 4 is 6.09 Å². The number of hydrogen-bond donors (Lipinski definition) is 2. The normalized spacial score (nSPS) is 20.1. The third-order valence-electron chi connectivity index (χ3n) is 6.26. The van der Waals surface area contributed by atoms with Crippen LogP contribution in [-0.2, 0) is 37.9 Å². The van der Waals surface area contributed by atoms with Gasteiger partial charge >= 0.3 is 6.09 Å². The Kier molecular flexibility index (Phi) is 20.2. The molecule has 0 bridgehead atoms. The van der Waals surface area contributed by atoms with Gasteiger partial charge in [0.2, 0.25) is 0 Å². The number of rotatable bonds is 25. The third-order valence-corrected chi connectivity index (χ3v) is 6.26. The van der Waals surface area contributed by atoms with Crippen LogP contribution in [0.4, 0.5) is 4.79 Å². The number of ether oxygens (including phenoxy) is 8. The molecule has 0 heterocycles. The van der Waals surface area contributed by atoms with Gasteiger partial charge in [-0.15, -0.1) is 11.8 Å². The highest BCUT2D eigenvalue weighted by molar-refractivity contribution is 5.67. The molecule has 38 heavy (non-hydrogen) atoms. The molecule has 2 rings (SSSR count). The minimum atomic E-state index is -0.375. The zero-order chi connectivity index (χ0) is 26.9. The highest BCUT2D eigenvalue weighted by Gasteiger charge is 2.49. The topological polar surface area (TPSA) is 129 Å². The van der Waals surface area contributed by atoms with Gasteiger partial charge in [0.05, 0.1) is 99.1 Å². The number of hydrogen-bond acceptors (Lipinski definition) is 10. The van der Waals surface area contributed by atoms with Crippen molar-refractivity contribution < 1.29 is 42.7 Å². The maximum Gasteiger partial charge on any atom is 0.407 e. The molecule has 220 valence electrons. The summed E-state index contributed by atoms with van der Waals surface area (Å²) in [6, 6.07) is 0. The van der Waals surface area contributed by atoms with E-state index in [2.05, 4.69) is 17.2 Å². The average Bonchev–Trinajstić information content (AvgIpc) is 3.56. The molecule has 2 aliphatic rings. The fourth-order valence-corrected chi connectivity index (χ4v) is 4.24. The van der Waals surface area contributed by atoms with E-state index in [-0.39, 0.29) is 6.09 Å². The Morgan fingerprint density at radius 1 is 0.632 bits per heavy atom. The Bertz CT molecular complexity index is 626. The van der Waals surface area contributed by atoms with Gasteiger partial charge in [0.25, 0.3) is 0 Å². The molecule has 3 N–H and O–H groups in total. The first-order valence-corrected chi connectivity index (χ1v) is 13.9. The van der Waals surface area contributed by atoms with Crippen LogP contribution in [0.15, 0.2) is 0 Å². The van der Waals surface area contributed by atoms with Gasteiger partial charge in [-0.2, -0.15) is 0 Å². The minimum Gasteiger partial charge on any atom is -0.449 e. The summed E-state index contributed by atoms with van der Waals surface area (Å²) in [5.74, 6) is 8.26. The maximum atomic E-state index is 11.9. The van der Waals surface area contributed by atoms with Crippen LogP contribution in [0.5, 0.6) is 0 Å². The molecule has 0 radical (unpaired) electrons. The molecule has 0 aromatic carbocycles. The molecule has 0 aliphatic heterocycles. The van der Waals surface area contributed by atoms with Gasteiger partial charge in [-0.05, 0) is 30.6 Å². The largest absolute Gasteiger partial charge is 0.449 e. The van der Waals surface area contributed by atoms with Gasteiger partial charge in [-0.1, -0.05) is 0 Å². The van der Waals surface area contributed by atoms with Crippen LogP contribution in [0, 0.1) is 29.6 Å². The van der Waals surface area contributed by atoms with E-state index in [9.17, 15) is 4.79 Å². The van der Waals surface area contributed by atoms with Crippen molar-refractivity contribution in [3.8, 4) is 11.8 Å². The first kappa shape index (κ1) is 32.7. The number of carbonyl (C=O) groups excluding carboxylic acids is 1. The van der Waals surface area contributed by atoms with Crippen LogP contribution in [0.3, 0.4) is 0 Å². The van der Waals surface area contributed by atoms with Crippen molar-refractivity contribution in [2.45, 2.75) is 25.7 Å². The fraction of sp³-hybridized carbons (Fsp3) is 0.889. The summed E-state index contributed by atoms with van der Waals surface area (Å²) < 4.78 is 43.2. The van der Waals surface area contributed by atoms with Gasteiger partial charge in [-0.3, -0.25) is 0 Å². The molecule has 1 amide bonds. The molecule has 0 spiro atoms. The summed E-state index contributed by atoms with van der Waals surface area (Å²) in [5, 5.41) is 2.73. The highest BCUT2D eigenvalue weighted by Crippen LogP contribution is 2.52. The minimum absolute atomic E-state index is 0.375. The number of amides is 1. The van der Waals surface area contributed by atoms with Crippen molar-refractivity contribution in [2.75, 3.05) is 112 Å². The smallest absolute Gasteiger partial charge is 0.407 e. The predicted octanol–water partition coefficient (Wildman–Crippen LogP) is 1.23. The number of nitrogens with two attached hydrogens (primary N) is 1. The molecule has 0 aromatic rings. The van der Waals surface area contributed by atoms with E-state index >= 15 is 0 Å². The van der Waals surface area contributed by atoms with Crippen molar-refractivity contribution in [1.82, 2.24) is 5.32 Å². The first-order valence-electron chi connectivity index (χ1n) is 13.9. The van der Waals surface area contributed by atoms with E-state index in [0.717, 1.165) is 25.7 Å². The van der Waals surface area contributed by atoms with Crippen molar-refractivity contribution in [3.63, 3.8) is 0 Å². The highest BCUT2D eigenvalue weighted by atomic mass is 16.6. The Balaban J connectivity index is 1.21. The SMILES string of the molecule is NCCOCCOCCOCCOCCOCCOCCOCCNC(=O)OCC1[C@H]2CCC#CCC[C@@H]12. The number of alkyl carbamates (subject to hydrolysis) is 1. The van der Waals surface area contributed by atoms with Gasteiger partial charge in [0, 0.05) is 25.9 Å².